The Morgan fingerprint density at radius 1 is 1.26 bits per heavy atom. The van der Waals surface area contributed by atoms with Gasteiger partial charge in [0.2, 0.25) is 5.96 Å². The van der Waals surface area contributed by atoms with E-state index in [1.165, 1.54) is 6.21 Å². The maximum absolute atomic E-state index is 8.92. The second-order valence-electron chi connectivity index (χ2n) is 4.55. The van der Waals surface area contributed by atoms with Crippen molar-refractivity contribution in [2.45, 2.75) is 6.61 Å². The topological polar surface area (TPSA) is 110 Å². The van der Waals surface area contributed by atoms with Crippen LogP contribution in [-0.4, -0.2) is 12.2 Å². The second kappa shape index (κ2) is 7.96. The number of hydrogen-bond donors (Lipinski definition) is 2. The first kappa shape index (κ1) is 16.5. The Morgan fingerprint density at radius 3 is 2.83 bits per heavy atom. The van der Waals surface area contributed by atoms with Crippen molar-refractivity contribution < 1.29 is 4.74 Å². The normalized spacial score (nSPS) is 10.3. The summed E-state index contributed by atoms with van der Waals surface area (Å²) in [5, 5.41) is 16.3. The number of nitrogens with two attached hydrogens (primary N) is 2. The lowest BCUT2D eigenvalue weighted by atomic mass is 10.1. The maximum atomic E-state index is 8.92. The van der Waals surface area contributed by atoms with E-state index >= 15 is 0 Å². The number of guanidine groups is 1. The largest absolute Gasteiger partial charge is 0.488 e. The number of benzene rings is 2. The van der Waals surface area contributed by atoms with Crippen LogP contribution in [0.15, 0.2) is 57.1 Å². The monoisotopic (exact) mass is 371 g/mol. The van der Waals surface area contributed by atoms with Gasteiger partial charge in [-0.15, -0.1) is 5.10 Å². The second-order valence-corrected chi connectivity index (χ2v) is 5.47. The Balaban J connectivity index is 2.17. The van der Waals surface area contributed by atoms with Gasteiger partial charge in [0, 0.05) is 10.0 Å². The van der Waals surface area contributed by atoms with Crippen LogP contribution in [-0.2, 0) is 6.61 Å². The van der Waals surface area contributed by atoms with Crippen molar-refractivity contribution in [3.05, 3.63) is 63.6 Å². The molecular formula is C16H14BrN5O. The predicted octanol–water partition coefficient (Wildman–Crippen LogP) is 2.51. The molecule has 0 atom stereocenters. The molecule has 0 aliphatic carbocycles. The summed E-state index contributed by atoms with van der Waals surface area (Å²) in [6.45, 7) is 0.334. The lowest BCUT2D eigenvalue weighted by molar-refractivity contribution is 0.305. The number of halogens is 1. The van der Waals surface area contributed by atoms with Crippen LogP contribution in [0.1, 0.15) is 16.7 Å². The quantitative estimate of drug-likeness (QED) is 0.477. The smallest absolute Gasteiger partial charge is 0.211 e. The van der Waals surface area contributed by atoms with Gasteiger partial charge in [0.25, 0.3) is 0 Å². The molecule has 23 heavy (non-hydrogen) atoms. The van der Waals surface area contributed by atoms with E-state index in [-0.39, 0.29) is 5.96 Å². The Kier molecular flexibility index (Phi) is 5.72. The highest BCUT2D eigenvalue weighted by molar-refractivity contribution is 9.10. The zero-order chi connectivity index (χ0) is 16.7. The third-order valence-corrected chi connectivity index (χ3v) is 3.29. The highest BCUT2D eigenvalue weighted by atomic mass is 79.9. The number of ether oxygens (including phenoxy) is 1. The molecule has 0 spiro atoms. The van der Waals surface area contributed by atoms with Gasteiger partial charge in [-0.2, -0.15) is 10.4 Å². The zero-order valence-electron chi connectivity index (χ0n) is 12.1. The van der Waals surface area contributed by atoms with Gasteiger partial charge in [0.15, 0.2) is 0 Å². The molecule has 2 aromatic carbocycles. The summed E-state index contributed by atoms with van der Waals surface area (Å²) in [6, 6.07) is 14.9. The first-order chi connectivity index (χ1) is 11.1. The average molecular weight is 372 g/mol. The van der Waals surface area contributed by atoms with Crippen molar-refractivity contribution >= 4 is 28.1 Å². The number of nitrogens with zero attached hydrogens (tertiary/aromatic N) is 3. The van der Waals surface area contributed by atoms with Crippen LogP contribution >= 0.6 is 15.9 Å². The molecule has 0 saturated carbocycles. The molecule has 0 amide bonds. The number of rotatable bonds is 5. The van der Waals surface area contributed by atoms with Gasteiger partial charge in [0.05, 0.1) is 17.8 Å². The van der Waals surface area contributed by atoms with Crippen LogP contribution in [0.4, 0.5) is 0 Å². The van der Waals surface area contributed by atoms with Gasteiger partial charge in [-0.1, -0.05) is 28.1 Å². The third kappa shape index (κ3) is 5.13. The van der Waals surface area contributed by atoms with E-state index in [1.807, 2.05) is 30.3 Å². The molecule has 0 unspecified atom stereocenters. The number of nitriles is 1. The first-order valence-electron chi connectivity index (χ1n) is 6.62. The van der Waals surface area contributed by atoms with Crippen molar-refractivity contribution in [3.63, 3.8) is 0 Å². The summed E-state index contributed by atoms with van der Waals surface area (Å²) in [5.74, 6) is 0.511. The Labute approximate surface area is 142 Å². The fraction of sp³-hybridized carbons (Fsp3) is 0.0625. The maximum Gasteiger partial charge on any atom is 0.211 e. The molecule has 0 heterocycles. The van der Waals surface area contributed by atoms with Gasteiger partial charge in [-0.3, -0.25) is 0 Å². The van der Waals surface area contributed by atoms with E-state index in [1.54, 1.807) is 12.1 Å². The molecule has 0 aliphatic heterocycles. The summed E-state index contributed by atoms with van der Waals surface area (Å²) in [6.07, 6.45) is 1.51. The van der Waals surface area contributed by atoms with Gasteiger partial charge < -0.3 is 16.2 Å². The minimum absolute atomic E-state index is 0.118. The molecule has 6 nitrogen and oxygen atoms in total. The van der Waals surface area contributed by atoms with Gasteiger partial charge in [-0.25, -0.2) is 0 Å². The van der Waals surface area contributed by atoms with E-state index in [2.05, 4.69) is 32.2 Å². The average Bonchev–Trinajstić information content (AvgIpc) is 2.54. The molecule has 0 fully saturated rings. The number of hydrogen-bond acceptors (Lipinski definition) is 4. The van der Waals surface area contributed by atoms with E-state index < -0.39 is 0 Å². The van der Waals surface area contributed by atoms with Crippen molar-refractivity contribution in [2.24, 2.45) is 21.7 Å². The lowest BCUT2D eigenvalue weighted by Crippen LogP contribution is -2.21. The van der Waals surface area contributed by atoms with Crippen LogP contribution in [0, 0.1) is 11.3 Å². The zero-order valence-corrected chi connectivity index (χ0v) is 13.7. The molecule has 2 rings (SSSR count). The Bertz CT molecular complexity index is 791. The standard InChI is InChI=1S/C16H14BrN5O/c17-14-4-5-15(13(7-14)9-21-22-16(19)20)23-10-12-3-1-2-11(6-12)8-18/h1-7,9H,10H2,(H4,19,20,22)/b21-9+. The Morgan fingerprint density at radius 2 is 2.09 bits per heavy atom. The summed E-state index contributed by atoms with van der Waals surface area (Å²) in [7, 11) is 0. The van der Waals surface area contributed by atoms with Gasteiger partial charge >= 0.3 is 0 Å². The highest BCUT2D eigenvalue weighted by Crippen LogP contribution is 2.23. The van der Waals surface area contributed by atoms with Crippen LogP contribution in [0.2, 0.25) is 0 Å². The van der Waals surface area contributed by atoms with E-state index in [0.29, 0.717) is 17.9 Å². The molecule has 0 saturated heterocycles. The van der Waals surface area contributed by atoms with Crippen molar-refractivity contribution in [1.29, 1.82) is 5.26 Å². The molecule has 0 bridgehead atoms. The van der Waals surface area contributed by atoms with Crippen LogP contribution in [0.5, 0.6) is 5.75 Å². The molecule has 0 radical (unpaired) electrons. The minimum atomic E-state index is -0.118. The lowest BCUT2D eigenvalue weighted by Gasteiger charge is -2.09. The van der Waals surface area contributed by atoms with Gasteiger partial charge in [0.1, 0.15) is 12.4 Å². The van der Waals surface area contributed by atoms with E-state index in [9.17, 15) is 0 Å². The molecule has 0 aromatic heterocycles. The fourth-order valence-corrected chi connectivity index (χ4v) is 2.18. The molecule has 116 valence electrons. The van der Waals surface area contributed by atoms with Crippen LogP contribution in [0.25, 0.3) is 0 Å². The molecule has 7 heteroatoms. The molecule has 4 N–H and O–H groups in total. The summed E-state index contributed by atoms with van der Waals surface area (Å²) in [5.41, 5.74) is 12.7. The van der Waals surface area contributed by atoms with Crippen molar-refractivity contribution in [2.75, 3.05) is 0 Å². The fourth-order valence-electron chi connectivity index (χ4n) is 1.80. The first-order valence-corrected chi connectivity index (χ1v) is 7.41. The van der Waals surface area contributed by atoms with Crippen LogP contribution in [0.3, 0.4) is 0 Å². The summed E-state index contributed by atoms with van der Waals surface area (Å²) < 4.78 is 6.68. The summed E-state index contributed by atoms with van der Waals surface area (Å²) >= 11 is 3.39. The van der Waals surface area contributed by atoms with Crippen LogP contribution < -0.4 is 16.2 Å². The molecular weight excluding hydrogens is 358 g/mol. The molecule has 2 aromatic rings. The minimum Gasteiger partial charge on any atom is -0.488 e. The molecule has 0 aliphatic rings. The summed E-state index contributed by atoms with van der Waals surface area (Å²) in [4.78, 5) is 0. The predicted molar refractivity (Wildman–Crippen MR) is 93.0 cm³/mol. The van der Waals surface area contributed by atoms with Crippen molar-refractivity contribution in [3.8, 4) is 11.8 Å². The highest BCUT2D eigenvalue weighted by Gasteiger charge is 2.04. The van der Waals surface area contributed by atoms with E-state index in [0.717, 1.165) is 15.6 Å². The third-order valence-electron chi connectivity index (χ3n) is 2.79. The van der Waals surface area contributed by atoms with E-state index in [4.69, 9.17) is 21.5 Å². The van der Waals surface area contributed by atoms with Gasteiger partial charge in [-0.05, 0) is 35.9 Å². The SMILES string of the molecule is N#Cc1cccc(COc2ccc(Br)cc2/C=N/N=C(N)N)c1. The Hall–Kier alpha value is -2.85. The van der Waals surface area contributed by atoms with Crippen molar-refractivity contribution in [1.82, 2.24) is 0 Å².